The maximum atomic E-state index is 13.4. The van der Waals surface area contributed by atoms with E-state index >= 15 is 0 Å². The van der Waals surface area contributed by atoms with Crippen LogP contribution in [-0.4, -0.2) is 6.61 Å². The number of hydrogen-bond acceptors (Lipinski definition) is 2. The zero-order valence-electron chi connectivity index (χ0n) is 8.66. The van der Waals surface area contributed by atoms with Crippen molar-refractivity contribution in [1.82, 2.24) is 0 Å². The van der Waals surface area contributed by atoms with Crippen LogP contribution in [0.5, 0.6) is 5.75 Å². The molecule has 15 heavy (non-hydrogen) atoms. The molecular formula is C12H14FNO. The Morgan fingerprint density at radius 3 is 2.87 bits per heavy atom. The first kappa shape index (κ1) is 11.5. The Morgan fingerprint density at radius 1 is 1.60 bits per heavy atom. The molecule has 0 fully saturated rings. The van der Waals surface area contributed by atoms with Crippen LogP contribution in [-0.2, 0) is 0 Å². The summed E-state index contributed by atoms with van der Waals surface area (Å²) in [6.45, 7) is 2.13. The molecular weight excluding hydrogens is 193 g/mol. The van der Waals surface area contributed by atoms with Gasteiger partial charge in [-0.1, -0.05) is 6.07 Å². The van der Waals surface area contributed by atoms with E-state index in [1.807, 2.05) is 0 Å². The number of ether oxygens (including phenoxy) is 1. The van der Waals surface area contributed by atoms with Crippen LogP contribution in [0.25, 0.3) is 0 Å². The predicted octanol–water partition coefficient (Wildman–Crippen LogP) is 2.25. The lowest BCUT2D eigenvalue weighted by molar-refractivity contribution is 0.325. The van der Waals surface area contributed by atoms with Gasteiger partial charge in [0.05, 0.1) is 6.61 Å². The lowest BCUT2D eigenvalue weighted by Crippen LogP contribution is -2.07. The zero-order valence-corrected chi connectivity index (χ0v) is 8.66. The fourth-order valence-electron chi connectivity index (χ4n) is 1.19. The Morgan fingerprint density at radius 2 is 2.33 bits per heavy atom. The van der Waals surface area contributed by atoms with Crippen LogP contribution >= 0.6 is 0 Å². The van der Waals surface area contributed by atoms with Crippen LogP contribution in [0.2, 0.25) is 0 Å². The highest BCUT2D eigenvalue weighted by Gasteiger charge is 2.07. The minimum Gasteiger partial charge on any atom is -0.492 e. The van der Waals surface area contributed by atoms with Gasteiger partial charge in [-0.2, -0.15) is 0 Å². The van der Waals surface area contributed by atoms with Crippen molar-refractivity contribution < 1.29 is 9.13 Å². The molecule has 1 aromatic carbocycles. The number of benzene rings is 1. The van der Waals surface area contributed by atoms with Gasteiger partial charge in [0.15, 0.2) is 0 Å². The highest BCUT2D eigenvalue weighted by atomic mass is 19.1. The van der Waals surface area contributed by atoms with Gasteiger partial charge in [0.1, 0.15) is 11.6 Å². The summed E-state index contributed by atoms with van der Waals surface area (Å²) in [5.41, 5.74) is 6.06. The van der Waals surface area contributed by atoms with Crippen molar-refractivity contribution >= 4 is 0 Å². The van der Waals surface area contributed by atoms with Gasteiger partial charge in [0.2, 0.25) is 0 Å². The molecule has 3 heteroatoms. The molecule has 0 saturated heterocycles. The maximum absolute atomic E-state index is 13.4. The average molecular weight is 207 g/mol. The van der Waals surface area contributed by atoms with Crippen LogP contribution in [0, 0.1) is 18.2 Å². The summed E-state index contributed by atoms with van der Waals surface area (Å²) in [4.78, 5) is 0. The first-order chi connectivity index (χ1) is 7.15. The number of halogens is 1. The second-order valence-electron chi connectivity index (χ2n) is 3.27. The second kappa shape index (κ2) is 5.38. The molecule has 0 aliphatic carbocycles. The third-order valence-electron chi connectivity index (χ3n) is 1.98. The summed E-state index contributed by atoms with van der Waals surface area (Å²) >= 11 is 0. The van der Waals surface area contributed by atoms with Gasteiger partial charge in [-0.3, -0.25) is 0 Å². The van der Waals surface area contributed by atoms with Crippen molar-refractivity contribution in [3.63, 3.8) is 0 Å². The fraction of sp³-hybridized carbons (Fsp3) is 0.333. The van der Waals surface area contributed by atoms with E-state index in [9.17, 15) is 4.39 Å². The molecule has 0 amide bonds. The summed E-state index contributed by atoms with van der Waals surface area (Å²) in [6.07, 6.45) is 5.58. The van der Waals surface area contributed by atoms with Gasteiger partial charge in [0.25, 0.3) is 0 Å². The second-order valence-corrected chi connectivity index (χ2v) is 3.27. The minimum atomic E-state index is -0.344. The molecule has 2 nitrogen and oxygen atoms in total. The first-order valence-corrected chi connectivity index (χ1v) is 4.76. The van der Waals surface area contributed by atoms with Gasteiger partial charge in [-0.15, -0.1) is 12.3 Å². The Hall–Kier alpha value is -1.53. The van der Waals surface area contributed by atoms with E-state index in [0.717, 1.165) is 0 Å². The molecule has 0 saturated carbocycles. The molecule has 0 radical (unpaired) electrons. The van der Waals surface area contributed by atoms with Crippen LogP contribution in [0.15, 0.2) is 18.2 Å². The van der Waals surface area contributed by atoms with Gasteiger partial charge < -0.3 is 10.5 Å². The van der Waals surface area contributed by atoms with Crippen molar-refractivity contribution in [2.24, 2.45) is 5.73 Å². The van der Waals surface area contributed by atoms with Crippen LogP contribution < -0.4 is 10.5 Å². The highest BCUT2D eigenvalue weighted by molar-refractivity contribution is 5.30. The molecule has 0 spiro atoms. The van der Waals surface area contributed by atoms with Crippen molar-refractivity contribution in [1.29, 1.82) is 0 Å². The minimum absolute atomic E-state index is 0.315. The molecule has 1 atom stereocenters. The number of nitrogens with two attached hydrogens (primary N) is 1. The van der Waals surface area contributed by atoms with Crippen LogP contribution in [0.3, 0.4) is 0 Å². The third-order valence-corrected chi connectivity index (χ3v) is 1.98. The predicted molar refractivity (Wildman–Crippen MR) is 57.9 cm³/mol. The SMILES string of the molecule is C#CCCOc1ccc([C@@H](C)N)c(F)c1. The van der Waals surface area contributed by atoms with Crippen molar-refractivity contribution in [3.8, 4) is 18.1 Å². The summed E-state index contributed by atoms with van der Waals surface area (Å²) in [7, 11) is 0. The van der Waals surface area contributed by atoms with E-state index in [4.69, 9.17) is 16.9 Å². The Kier molecular flexibility index (Phi) is 4.14. The molecule has 0 bridgehead atoms. The van der Waals surface area contributed by atoms with E-state index < -0.39 is 0 Å². The number of terminal acetylenes is 1. The topological polar surface area (TPSA) is 35.2 Å². The Labute approximate surface area is 89.2 Å². The molecule has 0 heterocycles. The van der Waals surface area contributed by atoms with E-state index in [-0.39, 0.29) is 11.9 Å². The molecule has 2 N–H and O–H groups in total. The molecule has 1 rings (SSSR count). The summed E-state index contributed by atoms with van der Waals surface area (Å²) < 4.78 is 18.6. The number of hydrogen-bond donors (Lipinski definition) is 1. The lowest BCUT2D eigenvalue weighted by Gasteiger charge is -2.09. The molecule has 0 unspecified atom stereocenters. The van der Waals surface area contributed by atoms with E-state index in [1.165, 1.54) is 6.07 Å². The molecule has 0 aliphatic rings. The standard InChI is InChI=1S/C12H14FNO/c1-3-4-7-15-10-5-6-11(9(2)14)12(13)8-10/h1,5-6,8-9H,4,7,14H2,2H3/t9-/m1/s1. The molecule has 0 aromatic heterocycles. The first-order valence-electron chi connectivity index (χ1n) is 4.76. The fourth-order valence-corrected chi connectivity index (χ4v) is 1.19. The molecule has 0 aliphatic heterocycles. The summed E-state index contributed by atoms with van der Waals surface area (Å²) in [5, 5.41) is 0. The third kappa shape index (κ3) is 3.26. The van der Waals surface area contributed by atoms with Gasteiger partial charge in [-0.25, -0.2) is 4.39 Å². The normalized spacial score (nSPS) is 11.9. The smallest absolute Gasteiger partial charge is 0.131 e. The Balaban J connectivity index is 2.70. The van der Waals surface area contributed by atoms with E-state index in [2.05, 4.69) is 5.92 Å². The summed E-state index contributed by atoms with van der Waals surface area (Å²) in [6, 6.07) is 4.34. The van der Waals surface area contributed by atoms with E-state index in [0.29, 0.717) is 24.3 Å². The van der Waals surface area contributed by atoms with Crippen molar-refractivity contribution in [2.75, 3.05) is 6.61 Å². The average Bonchev–Trinajstić information content (AvgIpc) is 2.17. The monoisotopic (exact) mass is 207 g/mol. The number of rotatable bonds is 4. The molecule has 80 valence electrons. The van der Waals surface area contributed by atoms with Crippen molar-refractivity contribution in [3.05, 3.63) is 29.6 Å². The lowest BCUT2D eigenvalue weighted by atomic mass is 10.1. The Bertz CT molecular complexity index is 368. The summed E-state index contributed by atoms with van der Waals surface area (Å²) in [5.74, 6) is 2.58. The van der Waals surface area contributed by atoms with Crippen LogP contribution in [0.4, 0.5) is 4.39 Å². The largest absolute Gasteiger partial charge is 0.492 e. The maximum Gasteiger partial charge on any atom is 0.131 e. The van der Waals surface area contributed by atoms with Crippen LogP contribution in [0.1, 0.15) is 24.9 Å². The highest BCUT2D eigenvalue weighted by Crippen LogP contribution is 2.20. The zero-order chi connectivity index (χ0) is 11.3. The van der Waals surface area contributed by atoms with Gasteiger partial charge in [-0.05, 0) is 13.0 Å². The molecule has 1 aromatic rings. The van der Waals surface area contributed by atoms with E-state index in [1.54, 1.807) is 19.1 Å². The van der Waals surface area contributed by atoms with Crippen molar-refractivity contribution in [2.45, 2.75) is 19.4 Å². The van der Waals surface area contributed by atoms with Gasteiger partial charge >= 0.3 is 0 Å². The quantitative estimate of drug-likeness (QED) is 0.607. The van der Waals surface area contributed by atoms with Gasteiger partial charge in [0, 0.05) is 24.1 Å².